The second-order valence-corrected chi connectivity index (χ2v) is 7.62. The van der Waals surface area contributed by atoms with Crippen molar-refractivity contribution < 1.29 is 4.42 Å². The van der Waals surface area contributed by atoms with Crippen molar-refractivity contribution in [3.8, 4) is 17.0 Å². The van der Waals surface area contributed by atoms with E-state index in [4.69, 9.17) is 27.6 Å². The highest BCUT2D eigenvalue weighted by Crippen LogP contribution is 2.28. The van der Waals surface area contributed by atoms with E-state index in [0.29, 0.717) is 27.4 Å². The van der Waals surface area contributed by atoms with Crippen molar-refractivity contribution in [1.82, 2.24) is 19.7 Å². The monoisotopic (exact) mass is 416 g/mol. The van der Waals surface area contributed by atoms with Gasteiger partial charge in [0, 0.05) is 15.6 Å². The van der Waals surface area contributed by atoms with Crippen LogP contribution in [0.1, 0.15) is 11.5 Å². The summed E-state index contributed by atoms with van der Waals surface area (Å²) in [6.45, 7) is 1.97. The fourth-order valence-electron chi connectivity index (χ4n) is 2.48. The van der Waals surface area contributed by atoms with Gasteiger partial charge in [0.25, 0.3) is 0 Å². The van der Waals surface area contributed by atoms with Crippen LogP contribution >= 0.6 is 35.0 Å². The van der Waals surface area contributed by atoms with Crippen LogP contribution in [-0.4, -0.2) is 19.7 Å². The lowest BCUT2D eigenvalue weighted by molar-refractivity contribution is 0.529. The Morgan fingerprint density at radius 2 is 1.93 bits per heavy atom. The standard InChI is InChI=1S/C19H14Cl2N4OS/c1-12-2-7-15(8-16(12)21)25-11-23-24-19(25)27-10-18-22-9-17(26-18)13-3-5-14(20)6-4-13/h2-9,11H,10H2,1H3. The molecule has 27 heavy (non-hydrogen) atoms. The minimum absolute atomic E-state index is 0.534. The SMILES string of the molecule is Cc1ccc(-n2cnnc2SCc2ncc(-c3ccc(Cl)cc3)o2)cc1Cl. The first-order valence-electron chi connectivity index (χ1n) is 8.10. The molecular weight excluding hydrogens is 403 g/mol. The van der Waals surface area contributed by atoms with Crippen molar-refractivity contribution >= 4 is 35.0 Å². The molecular formula is C19H14Cl2N4OS. The minimum Gasteiger partial charge on any atom is -0.440 e. The van der Waals surface area contributed by atoms with Gasteiger partial charge in [0.05, 0.1) is 17.6 Å². The molecule has 5 nitrogen and oxygen atoms in total. The molecule has 0 N–H and O–H groups in total. The van der Waals surface area contributed by atoms with E-state index >= 15 is 0 Å². The number of aryl methyl sites for hydroxylation is 1. The molecule has 2 heterocycles. The van der Waals surface area contributed by atoms with Crippen LogP contribution in [0.25, 0.3) is 17.0 Å². The molecule has 8 heteroatoms. The van der Waals surface area contributed by atoms with Crippen molar-refractivity contribution in [3.63, 3.8) is 0 Å². The van der Waals surface area contributed by atoms with Gasteiger partial charge in [0.2, 0.25) is 5.89 Å². The fourth-order valence-corrected chi connectivity index (χ4v) is 3.57. The third-order valence-corrected chi connectivity index (χ3v) is 5.54. The number of aromatic nitrogens is 4. The lowest BCUT2D eigenvalue weighted by Gasteiger charge is -2.07. The van der Waals surface area contributed by atoms with E-state index in [-0.39, 0.29) is 0 Å². The number of thioether (sulfide) groups is 1. The average molecular weight is 417 g/mol. The van der Waals surface area contributed by atoms with E-state index in [0.717, 1.165) is 22.0 Å². The van der Waals surface area contributed by atoms with Crippen LogP contribution in [0.3, 0.4) is 0 Å². The van der Waals surface area contributed by atoms with E-state index in [1.165, 1.54) is 11.8 Å². The molecule has 0 aliphatic carbocycles. The molecule has 0 spiro atoms. The van der Waals surface area contributed by atoms with Crippen LogP contribution in [0.2, 0.25) is 10.0 Å². The molecule has 0 aliphatic heterocycles. The van der Waals surface area contributed by atoms with Crippen LogP contribution in [0, 0.1) is 6.92 Å². The summed E-state index contributed by atoms with van der Waals surface area (Å²) < 4.78 is 7.72. The predicted molar refractivity (Wildman–Crippen MR) is 108 cm³/mol. The molecule has 4 rings (SSSR count). The third kappa shape index (κ3) is 4.03. The second kappa shape index (κ2) is 7.76. The Kier molecular flexibility index (Phi) is 5.20. The van der Waals surface area contributed by atoms with E-state index < -0.39 is 0 Å². The molecule has 0 amide bonds. The molecule has 0 atom stereocenters. The van der Waals surface area contributed by atoms with Crippen molar-refractivity contribution in [2.75, 3.05) is 0 Å². The molecule has 0 saturated heterocycles. The predicted octanol–water partition coefficient (Wildman–Crippen LogP) is 5.83. The van der Waals surface area contributed by atoms with Crippen LogP contribution < -0.4 is 0 Å². The van der Waals surface area contributed by atoms with E-state index in [2.05, 4.69) is 15.2 Å². The van der Waals surface area contributed by atoms with Gasteiger partial charge < -0.3 is 4.42 Å². The van der Waals surface area contributed by atoms with E-state index in [9.17, 15) is 0 Å². The zero-order valence-electron chi connectivity index (χ0n) is 14.3. The molecule has 4 aromatic rings. The van der Waals surface area contributed by atoms with Gasteiger partial charge in [-0.3, -0.25) is 4.57 Å². The number of rotatable bonds is 5. The smallest absolute Gasteiger partial charge is 0.205 e. The second-order valence-electron chi connectivity index (χ2n) is 5.83. The van der Waals surface area contributed by atoms with Gasteiger partial charge in [-0.1, -0.05) is 41.0 Å². The third-order valence-electron chi connectivity index (χ3n) is 3.96. The van der Waals surface area contributed by atoms with Gasteiger partial charge in [-0.25, -0.2) is 4.98 Å². The van der Waals surface area contributed by atoms with Gasteiger partial charge >= 0.3 is 0 Å². The van der Waals surface area contributed by atoms with Crippen molar-refractivity contribution in [2.24, 2.45) is 0 Å². The quantitative estimate of drug-likeness (QED) is 0.383. The van der Waals surface area contributed by atoms with Gasteiger partial charge in [0.1, 0.15) is 6.33 Å². The largest absolute Gasteiger partial charge is 0.440 e. The summed E-state index contributed by atoms with van der Waals surface area (Å²) in [5.74, 6) is 1.85. The van der Waals surface area contributed by atoms with E-state index in [1.807, 2.05) is 54.0 Å². The summed E-state index contributed by atoms with van der Waals surface area (Å²) in [6.07, 6.45) is 3.38. The maximum Gasteiger partial charge on any atom is 0.205 e. The van der Waals surface area contributed by atoms with E-state index in [1.54, 1.807) is 12.5 Å². The summed E-state index contributed by atoms with van der Waals surface area (Å²) in [4.78, 5) is 4.34. The number of hydrogen-bond acceptors (Lipinski definition) is 5. The van der Waals surface area contributed by atoms with Gasteiger partial charge in [-0.05, 0) is 48.9 Å². The number of oxazole rings is 1. The Bertz CT molecular complexity index is 1080. The highest BCUT2D eigenvalue weighted by Gasteiger charge is 2.12. The topological polar surface area (TPSA) is 56.7 Å². The first-order chi connectivity index (χ1) is 13.1. The molecule has 0 bridgehead atoms. The first-order valence-corrected chi connectivity index (χ1v) is 9.84. The average Bonchev–Trinajstić information content (AvgIpc) is 3.32. The van der Waals surface area contributed by atoms with Crippen molar-refractivity contribution in [1.29, 1.82) is 0 Å². The molecule has 0 aliphatic rings. The van der Waals surface area contributed by atoms with Crippen LogP contribution in [0.4, 0.5) is 0 Å². The van der Waals surface area contributed by atoms with Crippen LogP contribution in [-0.2, 0) is 5.75 Å². The normalized spacial score (nSPS) is 11.1. The highest BCUT2D eigenvalue weighted by molar-refractivity contribution is 7.98. The maximum absolute atomic E-state index is 6.23. The lowest BCUT2D eigenvalue weighted by Crippen LogP contribution is -1.96. The molecule has 0 radical (unpaired) electrons. The Hall–Kier alpha value is -2.28. The molecule has 2 aromatic heterocycles. The van der Waals surface area contributed by atoms with Gasteiger partial charge in [0.15, 0.2) is 10.9 Å². The number of halogens is 2. The molecule has 0 fully saturated rings. The number of nitrogens with zero attached hydrogens (tertiary/aromatic N) is 4. The van der Waals surface area contributed by atoms with Crippen LogP contribution in [0.15, 0.2) is 64.6 Å². The summed E-state index contributed by atoms with van der Waals surface area (Å²) in [6, 6.07) is 13.3. The number of benzene rings is 2. The zero-order chi connectivity index (χ0) is 18.8. The zero-order valence-corrected chi connectivity index (χ0v) is 16.6. The molecule has 2 aromatic carbocycles. The Morgan fingerprint density at radius 1 is 1.11 bits per heavy atom. The summed E-state index contributed by atoms with van der Waals surface area (Å²) in [5, 5.41) is 10.3. The van der Waals surface area contributed by atoms with Gasteiger partial charge in [-0.2, -0.15) is 0 Å². The Morgan fingerprint density at radius 3 is 2.70 bits per heavy atom. The Labute approximate surface area is 170 Å². The summed E-state index contributed by atoms with van der Waals surface area (Å²) in [7, 11) is 0. The van der Waals surface area contributed by atoms with Crippen LogP contribution in [0.5, 0.6) is 0 Å². The number of hydrogen-bond donors (Lipinski definition) is 0. The highest BCUT2D eigenvalue weighted by atomic mass is 35.5. The fraction of sp³-hybridized carbons (Fsp3) is 0.105. The first kappa shape index (κ1) is 18.1. The molecule has 0 saturated carbocycles. The van der Waals surface area contributed by atoms with Crippen molar-refractivity contribution in [3.05, 3.63) is 76.5 Å². The molecule has 0 unspecified atom stereocenters. The maximum atomic E-state index is 6.23. The summed E-state index contributed by atoms with van der Waals surface area (Å²) >= 11 is 13.6. The summed E-state index contributed by atoms with van der Waals surface area (Å²) in [5.41, 5.74) is 2.87. The molecule has 136 valence electrons. The Balaban J connectivity index is 1.49. The van der Waals surface area contributed by atoms with Crippen molar-refractivity contribution in [2.45, 2.75) is 17.8 Å². The van der Waals surface area contributed by atoms with Gasteiger partial charge in [-0.15, -0.1) is 10.2 Å². The minimum atomic E-state index is 0.534. The lowest BCUT2D eigenvalue weighted by atomic mass is 10.2.